The standard InChI is InChI=1S/C18H21N5OS/c1-12(2)23(13-6-7-19-9-13)18(24)15-11-25-17(21-15)14-10-20-22-8-4-3-5-16(14)22/h3-5,8,10-13,19H,6-7,9H2,1-2H3/t13-/m1/s1. The Hall–Kier alpha value is -2.25. The van der Waals surface area contributed by atoms with E-state index < -0.39 is 0 Å². The molecule has 1 aliphatic heterocycles. The second-order valence-corrected chi connectivity index (χ2v) is 7.44. The first kappa shape index (κ1) is 16.2. The van der Waals surface area contributed by atoms with Gasteiger partial charge in [-0.25, -0.2) is 9.50 Å². The van der Waals surface area contributed by atoms with Crippen LogP contribution in [0.2, 0.25) is 0 Å². The van der Waals surface area contributed by atoms with Crippen molar-refractivity contribution in [3.05, 3.63) is 41.7 Å². The van der Waals surface area contributed by atoms with Gasteiger partial charge in [-0.15, -0.1) is 11.3 Å². The van der Waals surface area contributed by atoms with Crippen LogP contribution in [0.25, 0.3) is 16.1 Å². The van der Waals surface area contributed by atoms with Crippen LogP contribution in [0.5, 0.6) is 0 Å². The average Bonchev–Trinajstić information content (AvgIpc) is 3.34. The second kappa shape index (κ2) is 6.57. The Labute approximate surface area is 150 Å². The largest absolute Gasteiger partial charge is 0.331 e. The SMILES string of the molecule is CC(C)N(C(=O)c1csc(-c2cnn3ccccc23)n1)[C@@H]1CCNC1. The van der Waals surface area contributed by atoms with Crippen LogP contribution in [0.15, 0.2) is 36.0 Å². The van der Waals surface area contributed by atoms with Gasteiger partial charge in [0.25, 0.3) is 5.91 Å². The van der Waals surface area contributed by atoms with E-state index in [0.717, 1.165) is 35.6 Å². The molecule has 3 aromatic rings. The van der Waals surface area contributed by atoms with E-state index >= 15 is 0 Å². The summed E-state index contributed by atoms with van der Waals surface area (Å²) in [5, 5.41) is 10.4. The minimum Gasteiger partial charge on any atom is -0.331 e. The summed E-state index contributed by atoms with van der Waals surface area (Å²) in [6, 6.07) is 6.33. The fourth-order valence-corrected chi connectivity index (χ4v) is 4.24. The Balaban J connectivity index is 1.65. The molecule has 0 unspecified atom stereocenters. The number of fused-ring (bicyclic) bond motifs is 1. The zero-order chi connectivity index (χ0) is 17.4. The van der Waals surface area contributed by atoms with Gasteiger partial charge < -0.3 is 10.2 Å². The van der Waals surface area contributed by atoms with Crippen LogP contribution in [0, 0.1) is 0 Å². The quantitative estimate of drug-likeness (QED) is 0.782. The summed E-state index contributed by atoms with van der Waals surface area (Å²) < 4.78 is 1.82. The molecule has 1 amide bonds. The Kier molecular flexibility index (Phi) is 4.27. The number of carbonyl (C=O) groups is 1. The van der Waals surface area contributed by atoms with Crippen LogP contribution in [-0.4, -0.2) is 50.6 Å². The van der Waals surface area contributed by atoms with Gasteiger partial charge in [-0.1, -0.05) is 6.07 Å². The summed E-state index contributed by atoms with van der Waals surface area (Å²) in [6.07, 6.45) is 4.71. The zero-order valence-electron chi connectivity index (χ0n) is 14.3. The maximum Gasteiger partial charge on any atom is 0.273 e. The molecule has 0 aliphatic carbocycles. The first-order chi connectivity index (χ1) is 12.1. The van der Waals surface area contributed by atoms with Crippen molar-refractivity contribution in [1.29, 1.82) is 0 Å². The number of rotatable bonds is 4. The highest BCUT2D eigenvalue weighted by Crippen LogP contribution is 2.28. The van der Waals surface area contributed by atoms with E-state index in [0.29, 0.717) is 5.69 Å². The molecule has 4 rings (SSSR count). The van der Waals surface area contributed by atoms with Crippen LogP contribution in [0.4, 0.5) is 0 Å². The Bertz CT molecular complexity index is 894. The smallest absolute Gasteiger partial charge is 0.273 e. The highest BCUT2D eigenvalue weighted by molar-refractivity contribution is 7.13. The lowest BCUT2D eigenvalue weighted by Crippen LogP contribution is -2.46. The van der Waals surface area contributed by atoms with Crippen LogP contribution in [0.1, 0.15) is 30.8 Å². The third kappa shape index (κ3) is 2.94. The van der Waals surface area contributed by atoms with E-state index in [1.165, 1.54) is 11.3 Å². The third-order valence-corrected chi connectivity index (χ3v) is 5.47. The normalized spacial score (nSPS) is 17.5. The molecule has 1 aliphatic rings. The molecular weight excluding hydrogens is 334 g/mol. The molecule has 0 saturated carbocycles. The molecule has 25 heavy (non-hydrogen) atoms. The molecule has 1 fully saturated rings. The molecule has 4 heterocycles. The van der Waals surface area contributed by atoms with Gasteiger partial charge in [0.15, 0.2) is 0 Å². The summed E-state index contributed by atoms with van der Waals surface area (Å²) in [5.74, 6) is 0.0164. The molecule has 0 aromatic carbocycles. The van der Waals surface area contributed by atoms with Crippen molar-refractivity contribution >= 4 is 22.8 Å². The molecule has 1 saturated heterocycles. The summed E-state index contributed by atoms with van der Waals surface area (Å²) in [5.41, 5.74) is 2.48. The van der Waals surface area contributed by atoms with Crippen molar-refractivity contribution in [3.63, 3.8) is 0 Å². The van der Waals surface area contributed by atoms with Gasteiger partial charge in [-0.2, -0.15) is 5.10 Å². The van der Waals surface area contributed by atoms with Crippen molar-refractivity contribution in [3.8, 4) is 10.6 Å². The van der Waals surface area contributed by atoms with Crippen LogP contribution in [0.3, 0.4) is 0 Å². The second-order valence-electron chi connectivity index (χ2n) is 6.58. The van der Waals surface area contributed by atoms with E-state index in [2.05, 4.69) is 29.2 Å². The van der Waals surface area contributed by atoms with Crippen molar-refractivity contribution in [1.82, 2.24) is 24.8 Å². The van der Waals surface area contributed by atoms with Crippen LogP contribution < -0.4 is 5.32 Å². The average molecular weight is 355 g/mol. The van der Waals surface area contributed by atoms with Gasteiger partial charge in [-0.3, -0.25) is 4.79 Å². The highest BCUT2D eigenvalue weighted by atomic mass is 32.1. The number of carbonyl (C=O) groups excluding carboxylic acids is 1. The minimum absolute atomic E-state index is 0.0164. The van der Waals surface area contributed by atoms with E-state index in [-0.39, 0.29) is 18.0 Å². The number of hydrogen-bond acceptors (Lipinski definition) is 5. The van der Waals surface area contributed by atoms with Crippen molar-refractivity contribution in [2.75, 3.05) is 13.1 Å². The maximum atomic E-state index is 13.0. The summed E-state index contributed by atoms with van der Waals surface area (Å²) in [4.78, 5) is 19.6. The van der Waals surface area contributed by atoms with E-state index in [1.807, 2.05) is 45.4 Å². The molecule has 0 spiro atoms. The van der Waals surface area contributed by atoms with Crippen molar-refractivity contribution < 1.29 is 4.79 Å². The van der Waals surface area contributed by atoms with Crippen molar-refractivity contribution in [2.45, 2.75) is 32.4 Å². The summed E-state index contributed by atoms with van der Waals surface area (Å²) in [6.45, 7) is 5.95. The van der Waals surface area contributed by atoms with Gasteiger partial charge in [0.1, 0.15) is 10.7 Å². The Morgan fingerprint density at radius 1 is 1.44 bits per heavy atom. The maximum absolute atomic E-state index is 13.0. The van der Waals surface area contributed by atoms with Crippen LogP contribution >= 0.6 is 11.3 Å². The molecule has 1 atom stereocenters. The molecule has 130 valence electrons. The number of nitrogens with zero attached hydrogens (tertiary/aromatic N) is 4. The Morgan fingerprint density at radius 2 is 2.32 bits per heavy atom. The highest BCUT2D eigenvalue weighted by Gasteiger charge is 2.30. The topological polar surface area (TPSA) is 62.5 Å². The fourth-order valence-electron chi connectivity index (χ4n) is 3.43. The molecule has 0 bridgehead atoms. The lowest BCUT2D eigenvalue weighted by atomic mass is 10.1. The molecular formula is C18H21N5OS. The van der Waals surface area contributed by atoms with Gasteiger partial charge in [-0.05, 0) is 38.9 Å². The molecule has 1 N–H and O–H groups in total. The lowest BCUT2D eigenvalue weighted by Gasteiger charge is -2.31. The number of amides is 1. The summed E-state index contributed by atoms with van der Waals surface area (Å²) in [7, 11) is 0. The van der Waals surface area contributed by atoms with E-state index in [1.54, 1.807) is 0 Å². The number of nitrogens with one attached hydrogen (secondary N) is 1. The first-order valence-corrected chi connectivity index (χ1v) is 9.45. The zero-order valence-corrected chi connectivity index (χ0v) is 15.2. The van der Waals surface area contributed by atoms with Crippen LogP contribution in [-0.2, 0) is 0 Å². The van der Waals surface area contributed by atoms with Crippen molar-refractivity contribution in [2.24, 2.45) is 0 Å². The van der Waals surface area contributed by atoms with Gasteiger partial charge in [0.05, 0.1) is 17.3 Å². The number of aromatic nitrogens is 3. The van der Waals surface area contributed by atoms with Gasteiger partial charge in [0.2, 0.25) is 0 Å². The molecule has 3 aromatic heterocycles. The predicted molar refractivity (Wildman–Crippen MR) is 98.9 cm³/mol. The van der Waals surface area contributed by atoms with E-state index in [4.69, 9.17) is 0 Å². The monoisotopic (exact) mass is 355 g/mol. The molecule has 6 nitrogen and oxygen atoms in total. The third-order valence-electron chi connectivity index (χ3n) is 4.60. The van der Waals surface area contributed by atoms with E-state index in [9.17, 15) is 4.79 Å². The summed E-state index contributed by atoms with van der Waals surface area (Å²) >= 11 is 1.49. The number of hydrogen-bond donors (Lipinski definition) is 1. The van der Waals surface area contributed by atoms with Gasteiger partial charge in [0, 0.05) is 30.2 Å². The lowest BCUT2D eigenvalue weighted by molar-refractivity contribution is 0.0621. The Morgan fingerprint density at radius 3 is 3.08 bits per heavy atom. The van der Waals surface area contributed by atoms with Gasteiger partial charge >= 0.3 is 0 Å². The first-order valence-electron chi connectivity index (χ1n) is 8.57. The number of pyridine rings is 1. The predicted octanol–water partition coefficient (Wildman–Crippen LogP) is 2.67. The molecule has 7 heteroatoms. The fraction of sp³-hybridized carbons (Fsp3) is 0.389. The molecule has 0 radical (unpaired) electrons. The minimum atomic E-state index is 0.0164. The number of thiazole rings is 1.